The summed E-state index contributed by atoms with van der Waals surface area (Å²) < 4.78 is 5.35. The zero-order chi connectivity index (χ0) is 23.9. The lowest BCUT2D eigenvalue weighted by Gasteiger charge is -2.29. The highest BCUT2D eigenvalue weighted by Crippen LogP contribution is 2.29. The maximum atomic E-state index is 13.2. The number of benzene rings is 1. The molecule has 2 heterocycles. The number of nitrogens with zero attached hydrogens (tertiary/aromatic N) is 2. The Hall–Kier alpha value is -3.68. The second-order valence-corrected chi connectivity index (χ2v) is 8.83. The second-order valence-electron chi connectivity index (χ2n) is 8.83. The van der Waals surface area contributed by atoms with Crippen molar-refractivity contribution in [2.45, 2.75) is 58.6 Å². The molecule has 2 aromatic heterocycles. The molecule has 0 spiro atoms. The summed E-state index contributed by atoms with van der Waals surface area (Å²) >= 11 is 0. The Morgan fingerprint density at radius 3 is 2.53 bits per heavy atom. The first-order chi connectivity index (χ1) is 16.5. The Morgan fingerprint density at radius 1 is 1.12 bits per heavy atom. The van der Waals surface area contributed by atoms with Crippen molar-refractivity contribution in [3.05, 3.63) is 65.7 Å². The molecule has 1 fully saturated rings. The molecular weight excluding hydrogens is 430 g/mol. The highest BCUT2D eigenvalue weighted by Gasteiger charge is 2.31. The van der Waals surface area contributed by atoms with E-state index in [1.54, 1.807) is 18.5 Å². The summed E-state index contributed by atoms with van der Waals surface area (Å²) in [5.41, 5.74) is 5.50. The minimum atomic E-state index is -0.653. The zero-order valence-electron chi connectivity index (χ0n) is 19.6. The summed E-state index contributed by atoms with van der Waals surface area (Å²) in [5.74, 6) is -0.149. The topological polar surface area (TPSA) is 109 Å². The molecular formula is C26H31N5O3. The van der Waals surface area contributed by atoms with Crippen LogP contribution >= 0.6 is 0 Å². The van der Waals surface area contributed by atoms with Crippen LogP contribution in [-0.4, -0.2) is 33.2 Å². The zero-order valence-corrected chi connectivity index (χ0v) is 19.6. The predicted octanol–water partition coefficient (Wildman–Crippen LogP) is 4.90. The molecule has 3 aromatic rings. The molecule has 1 aliphatic rings. The number of aryl methyl sites for hydroxylation is 2. The van der Waals surface area contributed by atoms with Gasteiger partial charge in [-0.3, -0.25) is 14.9 Å². The molecule has 0 unspecified atom stereocenters. The molecule has 4 rings (SSSR count). The van der Waals surface area contributed by atoms with Gasteiger partial charge in [0.2, 0.25) is 5.91 Å². The van der Waals surface area contributed by atoms with Crippen molar-refractivity contribution in [3.8, 4) is 11.1 Å². The number of nitrogens with one attached hydrogen (secondary N) is 3. The fourth-order valence-electron chi connectivity index (χ4n) is 4.58. The number of H-pyrrole nitrogens is 1. The quantitative estimate of drug-likeness (QED) is 0.464. The molecule has 0 aliphatic heterocycles. The van der Waals surface area contributed by atoms with Gasteiger partial charge in [0.25, 0.3) is 0 Å². The van der Waals surface area contributed by atoms with Gasteiger partial charge in [-0.25, -0.2) is 4.79 Å². The van der Waals surface area contributed by atoms with Gasteiger partial charge in [0.1, 0.15) is 12.6 Å². The van der Waals surface area contributed by atoms with Gasteiger partial charge in [-0.1, -0.05) is 37.5 Å². The van der Waals surface area contributed by atoms with Crippen LogP contribution in [-0.2, 0) is 16.1 Å². The molecule has 8 heteroatoms. The van der Waals surface area contributed by atoms with E-state index in [0.29, 0.717) is 5.69 Å². The molecule has 1 aromatic carbocycles. The monoisotopic (exact) mass is 461 g/mol. The Morgan fingerprint density at radius 2 is 1.88 bits per heavy atom. The van der Waals surface area contributed by atoms with E-state index >= 15 is 0 Å². The summed E-state index contributed by atoms with van der Waals surface area (Å²) in [5, 5.41) is 13.0. The van der Waals surface area contributed by atoms with E-state index in [9.17, 15) is 9.59 Å². The molecule has 1 atom stereocenters. The van der Waals surface area contributed by atoms with Gasteiger partial charge >= 0.3 is 6.09 Å². The Bertz CT molecular complexity index is 1090. The SMILES string of the molecule is Cc1n[nH]c(C)c1-c1ccc(NC(=O)[C@@H](NC(=O)OCc2cccnc2)C2CCCCC2)cc1. The summed E-state index contributed by atoms with van der Waals surface area (Å²) in [6.45, 7) is 4.05. The molecule has 3 N–H and O–H groups in total. The first-order valence-corrected chi connectivity index (χ1v) is 11.8. The minimum Gasteiger partial charge on any atom is -0.445 e. The average molecular weight is 462 g/mol. The number of hydrogen-bond acceptors (Lipinski definition) is 5. The number of carbonyl (C=O) groups is 2. The molecule has 178 valence electrons. The van der Waals surface area contributed by atoms with Gasteiger partial charge in [0.15, 0.2) is 0 Å². The van der Waals surface area contributed by atoms with Crippen molar-refractivity contribution in [1.29, 1.82) is 0 Å². The maximum Gasteiger partial charge on any atom is 0.408 e. The lowest BCUT2D eigenvalue weighted by molar-refractivity contribution is -0.119. The predicted molar refractivity (Wildman–Crippen MR) is 130 cm³/mol. The smallest absolute Gasteiger partial charge is 0.408 e. The van der Waals surface area contributed by atoms with Gasteiger partial charge in [0.05, 0.1) is 5.69 Å². The number of carbonyl (C=O) groups excluding carboxylic acids is 2. The third-order valence-electron chi connectivity index (χ3n) is 6.34. The van der Waals surface area contributed by atoms with Crippen LogP contribution < -0.4 is 10.6 Å². The number of alkyl carbamates (subject to hydrolysis) is 1. The Kier molecular flexibility index (Phi) is 7.57. The van der Waals surface area contributed by atoms with E-state index in [1.807, 2.05) is 44.2 Å². The number of rotatable bonds is 7. The van der Waals surface area contributed by atoms with Crippen molar-refractivity contribution in [1.82, 2.24) is 20.5 Å². The van der Waals surface area contributed by atoms with Crippen LogP contribution in [0.15, 0.2) is 48.8 Å². The summed E-state index contributed by atoms with van der Waals surface area (Å²) in [4.78, 5) is 29.8. The molecule has 0 radical (unpaired) electrons. The molecule has 2 amide bonds. The molecule has 8 nitrogen and oxygen atoms in total. The van der Waals surface area contributed by atoms with Gasteiger partial charge in [-0.2, -0.15) is 5.10 Å². The van der Waals surface area contributed by atoms with Crippen LogP contribution in [0, 0.1) is 19.8 Å². The fraction of sp³-hybridized carbons (Fsp3) is 0.385. The van der Waals surface area contributed by atoms with Crippen LogP contribution in [0.1, 0.15) is 49.1 Å². The van der Waals surface area contributed by atoms with Gasteiger partial charge < -0.3 is 15.4 Å². The van der Waals surface area contributed by atoms with Crippen molar-refractivity contribution in [3.63, 3.8) is 0 Å². The van der Waals surface area contributed by atoms with E-state index in [1.165, 1.54) is 0 Å². The van der Waals surface area contributed by atoms with Crippen LogP contribution in [0.25, 0.3) is 11.1 Å². The van der Waals surface area contributed by atoms with Crippen LogP contribution in [0.2, 0.25) is 0 Å². The van der Waals surface area contributed by atoms with Crippen LogP contribution in [0.4, 0.5) is 10.5 Å². The Labute approximate surface area is 199 Å². The largest absolute Gasteiger partial charge is 0.445 e. The number of aromatic amines is 1. The summed E-state index contributed by atoms with van der Waals surface area (Å²) in [6, 6.07) is 10.6. The molecule has 0 bridgehead atoms. The molecule has 34 heavy (non-hydrogen) atoms. The molecule has 0 saturated heterocycles. The van der Waals surface area contributed by atoms with E-state index in [4.69, 9.17) is 4.74 Å². The van der Waals surface area contributed by atoms with Crippen molar-refractivity contribution < 1.29 is 14.3 Å². The van der Waals surface area contributed by atoms with Crippen LogP contribution in [0.5, 0.6) is 0 Å². The summed E-state index contributed by atoms with van der Waals surface area (Å²) in [7, 11) is 0. The third kappa shape index (κ3) is 5.81. The van der Waals surface area contributed by atoms with Crippen molar-refractivity contribution in [2.75, 3.05) is 5.32 Å². The van der Waals surface area contributed by atoms with E-state index < -0.39 is 12.1 Å². The van der Waals surface area contributed by atoms with E-state index in [2.05, 4.69) is 25.8 Å². The first kappa shape index (κ1) is 23.5. The highest BCUT2D eigenvalue weighted by molar-refractivity contribution is 5.97. The lowest BCUT2D eigenvalue weighted by atomic mass is 9.83. The highest BCUT2D eigenvalue weighted by atomic mass is 16.5. The average Bonchev–Trinajstić information content (AvgIpc) is 3.20. The standard InChI is InChI=1S/C26H31N5O3/c1-17-23(18(2)31-30-17)20-10-12-22(13-11-20)28-25(32)24(21-8-4-3-5-9-21)29-26(33)34-16-19-7-6-14-27-15-19/h6-7,10-15,21,24H,3-5,8-9,16H2,1-2H3,(H,28,32)(H,29,33)(H,30,31)/t24-/m0/s1. The number of pyridine rings is 1. The first-order valence-electron chi connectivity index (χ1n) is 11.8. The maximum absolute atomic E-state index is 13.2. The molecule has 1 saturated carbocycles. The van der Waals surface area contributed by atoms with Gasteiger partial charge in [0, 0.05) is 34.9 Å². The minimum absolute atomic E-state index is 0.0789. The van der Waals surface area contributed by atoms with Gasteiger partial charge in [-0.15, -0.1) is 0 Å². The van der Waals surface area contributed by atoms with E-state index in [0.717, 1.165) is 60.2 Å². The lowest BCUT2D eigenvalue weighted by Crippen LogP contribution is -2.49. The van der Waals surface area contributed by atoms with Crippen LogP contribution in [0.3, 0.4) is 0 Å². The van der Waals surface area contributed by atoms with Crippen molar-refractivity contribution in [2.24, 2.45) is 5.92 Å². The third-order valence-corrected chi connectivity index (χ3v) is 6.34. The van der Waals surface area contributed by atoms with Crippen molar-refractivity contribution >= 4 is 17.7 Å². The number of hydrogen-bond donors (Lipinski definition) is 3. The van der Waals surface area contributed by atoms with E-state index in [-0.39, 0.29) is 18.4 Å². The number of ether oxygens (including phenoxy) is 1. The summed E-state index contributed by atoms with van der Waals surface area (Å²) in [6.07, 6.45) is 7.78. The molecule has 1 aliphatic carbocycles. The Balaban J connectivity index is 1.42. The fourth-order valence-corrected chi connectivity index (χ4v) is 4.58. The van der Waals surface area contributed by atoms with Gasteiger partial charge in [-0.05, 0) is 56.4 Å². The number of amides is 2. The normalized spacial score (nSPS) is 14.9. The number of aromatic nitrogens is 3. The number of anilines is 1. The second kappa shape index (κ2) is 11.0.